The smallest absolute Gasteiger partial charge is 0.407 e. The number of hydrogen-bond acceptors (Lipinski definition) is 4. The number of carbonyl (C=O) groups is 1. The molecule has 5 heteroatoms. The summed E-state index contributed by atoms with van der Waals surface area (Å²) >= 11 is 0. The lowest BCUT2D eigenvalue weighted by Gasteiger charge is -2.32. The first-order valence-electron chi connectivity index (χ1n) is 5.58. The van der Waals surface area contributed by atoms with E-state index < -0.39 is 17.3 Å². The molecule has 1 aliphatic rings. The van der Waals surface area contributed by atoms with Gasteiger partial charge in [0.15, 0.2) is 0 Å². The highest BCUT2D eigenvalue weighted by atomic mass is 16.6. The van der Waals surface area contributed by atoms with Crippen molar-refractivity contribution in [2.75, 3.05) is 19.8 Å². The predicted octanol–water partition coefficient (Wildman–Crippen LogP) is 1.05. The summed E-state index contributed by atoms with van der Waals surface area (Å²) in [6, 6.07) is 0. The van der Waals surface area contributed by atoms with Crippen LogP contribution in [0.5, 0.6) is 0 Å². The van der Waals surface area contributed by atoms with Crippen molar-refractivity contribution in [1.82, 2.24) is 5.32 Å². The Balaban J connectivity index is 2.30. The van der Waals surface area contributed by atoms with Crippen molar-refractivity contribution in [3.63, 3.8) is 0 Å². The maximum absolute atomic E-state index is 11.4. The third-order valence-electron chi connectivity index (χ3n) is 2.38. The topological polar surface area (TPSA) is 67.8 Å². The average molecular weight is 231 g/mol. The van der Waals surface area contributed by atoms with E-state index in [9.17, 15) is 9.90 Å². The zero-order chi connectivity index (χ0) is 12.2. The number of hydrogen-bond donors (Lipinski definition) is 2. The Bertz CT molecular complexity index is 241. The zero-order valence-electron chi connectivity index (χ0n) is 10.2. The van der Waals surface area contributed by atoms with Crippen LogP contribution < -0.4 is 5.32 Å². The van der Waals surface area contributed by atoms with Gasteiger partial charge in [0.05, 0.1) is 5.60 Å². The Hall–Kier alpha value is -0.810. The molecule has 1 fully saturated rings. The minimum atomic E-state index is -0.852. The van der Waals surface area contributed by atoms with Gasteiger partial charge >= 0.3 is 6.09 Å². The quantitative estimate of drug-likeness (QED) is 0.745. The van der Waals surface area contributed by atoms with Gasteiger partial charge in [-0.25, -0.2) is 4.79 Å². The molecule has 0 bridgehead atoms. The van der Waals surface area contributed by atoms with Crippen LogP contribution in [0.25, 0.3) is 0 Å². The standard InChI is InChI=1S/C11H21NO4/c1-10(2,3)16-9(13)12-8-11(14)4-6-15-7-5-11/h14H,4-8H2,1-3H3,(H,12,13). The number of alkyl carbamates (subject to hydrolysis) is 1. The minimum absolute atomic E-state index is 0.214. The molecule has 1 heterocycles. The predicted molar refractivity (Wildman–Crippen MR) is 59.2 cm³/mol. The van der Waals surface area contributed by atoms with Crippen molar-refractivity contribution < 1.29 is 19.4 Å². The van der Waals surface area contributed by atoms with Crippen LogP contribution in [0.1, 0.15) is 33.6 Å². The highest BCUT2D eigenvalue weighted by Crippen LogP contribution is 2.19. The molecule has 0 unspecified atom stereocenters. The molecule has 0 radical (unpaired) electrons. The second kappa shape index (κ2) is 5.01. The van der Waals surface area contributed by atoms with E-state index in [4.69, 9.17) is 9.47 Å². The summed E-state index contributed by atoms with van der Waals surface area (Å²) in [6.07, 6.45) is 0.596. The first-order chi connectivity index (χ1) is 7.31. The fourth-order valence-electron chi connectivity index (χ4n) is 1.48. The number of carbonyl (C=O) groups excluding carboxylic acids is 1. The van der Waals surface area contributed by atoms with Gasteiger partial charge in [0, 0.05) is 32.6 Å². The molecule has 94 valence electrons. The monoisotopic (exact) mass is 231 g/mol. The Morgan fingerprint density at radius 2 is 2.00 bits per heavy atom. The fraction of sp³-hybridized carbons (Fsp3) is 0.909. The molecule has 0 aliphatic carbocycles. The zero-order valence-corrected chi connectivity index (χ0v) is 10.2. The summed E-state index contributed by atoms with van der Waals surface area (Å²) < 4.78 is 10.2. The van der Waals surface area contributed by atoms with Gasteiger partial charge in [0.25, 0.3) is 0 Å². The van der Waals surface area contributed by atoms with Crippen LogP contribution >= 0.6 is 0 Å². The van der Waals surface area contributed by atoms with Gasteiger partial charge in [-0.15, -0.1) is 0 Å². The normalized spacial score (nSPS) is 20.2. The summed E-state index contributed by atoms with van der Waals surface area (Å²) in [4.78, 5) is 11.4. The van der Waals surface area contributed by atoms with Gasteiger partial charge in [-0.2, -0.15) is 0 Å². The molecule has 0 aromatic rings. The minimum Gasteiger partial charge on any atom is -0.444 e. The molecule has 5 nitrogen and oxygen atoms in total. The van der Waals surface area contributed by atoms with Gasteiger partial charge < -0.3 is 19.9 Å². The van der Waals surface area contributed by atoms with Crippen molar-refractivity contribution in [2.24, 2.45) is 0 Å². The third-order valence-corrected chi connectivity index (χ3v) is 2.38. The summed E-state index contributed by atoms with van der Waals surface area (Å²) in [6.45, 7) is 6.69. The molecular weight excluding hydrogens is 210 g/mol. The summed E-state index contributed by atoms with van der Waals surface area (Å²) in [7, 11) is 0. The Morgan fingerprint density at radius 3 is 2.50 bits per heavy atom. The van der Waals surface area contributed by atoms with E-state index in [1.807, 2.05) is 0 Å². The molecular formula is C11H21NO4. The molecule has 0 aromatic carbocycles. The van der Waals surface area contributed by atoms with Crippen LogP contribution in [-0.2, 0) is 9.47 Å². The first kappa shape index (κ1) is 13.3. The number of ether oxygens (including phenoxy) is 2. The van der Waals surface area contributed by atoms with Gasteiger partial charge in [-0.05, 0) is 20.8 Å². The van der Waals surface area contributed by atoms with Crippen LogP contribution in [0.3, 0.4) is 0 Å². The van der Waals surface area contributed by atoms with Gasteiger partial charge in [-0.3, -0.25) is 0 Å². The molecule has 0 saturated carbocycles. The first-order valence-corrected chi connectivity index (χ1v) is 5.58. The van der Waals surface area contributed by atoms with E-state index in [2.05, 4.69) is 5.32 Å². The van der Waals surface area contributed by atoms with Crippen LogP contribution in [0.2, 0.25) is 0 Å². The maximum Gasteiger partial charge on any atom is 0.407 e. The van der Waals surface area contributed by atoms with Gasteiger partial charge in [-0.1, -0.05) is 0 Å². The second-order valence-electron chi connectivity index (χ2n) is 5.19. The molecule has 0 spiro atoms. The average Bonchev–Trinajstić information content (AvgIpc) is 2.14. The summed E-state index contributed by atoms with van der Waals surface area (Å²) in [5.74, 6) is 0. The Labute approximate surface area is 96.1 Å². The summed E-state index contributed by atoms with van der Waals surface area (Å²) in [5.41, 5.74) is -1.36. The van der Waals surface area contributed by atoms with E-state index >= 15 is 0 Å². The van der Waals surface area contributed by atoms with E-state index in [1.54, 1.807) is 20.8 Å². The molecule has 2 N–H and O–H groups in total. The molecule has 1 rings (SSSR count). The second-order valence-corrected chi connectivity index (χ2v) is 5.19. The lowest BCUT2D eigenvalue weighted by atomic mass is 9.94. The van der Waals surface area contributed by atoms with Crippen LogP contribution in [0.4, 0.5) is 4.79 Å². The van der Waals surface area contributed by atoms with Crippen molar-refractivity contribution in [2.45, 2.75) is 44.8 Å². The molecule has 1 amide bonds. The Morgan fingerprint density at radius 1 is 1.44 bits per heavy atom. The summed E-state index contributed by atoms with van der Waals surface area (Å²) in [5, 5.41) is 12.7. The van der Waals surface area contributed by atoms with E-state index in [-0.39, 0.29) is 6.54 Å². The van der Waals surface area contributed by atoms with Gasteiger partial charge in [0.2, 0.25) is 0 Å². The van der Waals surface area contributed by atoms with Gasteiger partial charge in [0.1, 0.15) is 5.60 Å². The number of amides is 1. The van der Waals surface area contributed by atoms with Crippen LogP contribution in [-0.4, -0.2) is 42.2 Å². The fourth-order valence-corrected chi connectivity index (χ4v) is 1.48. The van der Waals surface area contributed by atoms with E-state index in [0.717, 1.165) is 0 Å². The Kier molecular flexibility index (Phi) is 4.15. The molecule has 0 atom stereocenters. The number of nitrogens with one attached hydrogen (secondary N) is 1. The lowest BCUT2D eigenvalue weighted by molar-refractivity contribution is -0.0623. The number of aliphatic hydroxyl groups is 1. The lowest BCUT2D eigenvalue weighted by Crippen LogP contribution is -2.47. The van der Waals surface area contributed by atoms with Crippen molar-refractivity contribution in [3.05, 3.63) is 0 Å². The highest BCUT2D eigenvalue weighted by molar-refractivity contribution is 5.67. The van der Waals surface area contributed by atoms with Crippen LogP contribution in [0, 0.1) is 0 Å². The third kappa shape index (κ3) is 4.81. The van der Waals surface area contributed by atoms with E-state index in [0.29, 0.717) is 26.1 Å². The largest absolute Gasteiger partial charge is 0.444 e. The molecule has 0 aromatic heterocycles. The van der Waals surface area contributed by atoms with Crippen LogP contribution in [0.15, 0.2) is 0 Å². The molecule has 1 saturated heterocycles. The van der Waals surface area contributed by atoms with Crippen molar-refractivity contribution in [1.29, 1.82) is 0 Å². The maximum atomic E-state index is 11.4. The van der Waals surface area contributed by atoms with E-state index in [1.165, 1.54) is 0 Å². The molecule has 1 aliphatic heterocycles. The molecule has 16 heavy (non-hydrogen) atoms. The highest BCUT2D eigenvalue weighted by Gasteiger charge is 2.30. The van der Waals surface area contributed by atoms with Crippen molar-refractivity contribution >= 4 is 6.09 Å². The van der Waals surface area contributed by atoms with Crippen molar-refractivity contribution in [3.8, 4) is 0 Å². The number of rotatable bonds is 2. The SMILES string of the molecule is CC(C)(C)OC(=O)NCC1(O)CCOCC1.